The fourth-order valence-corrected chi connectivity index (χ4v) is 2.14. The number of nitrogens with zero attached hydrogens (tertiary/aromatic N) is 1. The first-order valence-electron chi connectivity index (χ1n) is 7.21. The number of hydrogen-bond acceptors (Lipinski definition) is 3. The van der Waals surface area contributed by atoms with Crippen LogP contribution in [-0.2, 0) is 11.0 Å². The zero-order valence-corrected chi connectivity index (χ0v) is 13.1. The van der Waals surface area contributed by atoms with Gasteiger partial charge in [-0.25, -0.2) is 0 Å². The molecule has 0 bridgehead atoms. The topological polar surface area (TPSA) is 70.0 Å². The Morgan fingerprint density at radius 3 is 2.20 bits per heavy atom. The van der Waals surface area contributed by atoms with Crippen molar-refractivity contribution in [1.29, 1.82) is 5.26 Å². The molecule has 1 amide bonds. The molecule has 0 unspecified atom stereocenters. The van der Waals surface area contributed by atoms with E-state index in [0.717, 1.165) is 29.8 Å². The van der Waals surface area contributed by atoms with E-state index in [0.29, 0.717) is 5.69 Å². The summed E-state index contributed by atoms with van der Waals surface area (Å²) in [6.07, 6.45) is -4.53. The van der Waals surface area contributed by atoms with Gasteiger partial charge in [-0.3, -0.25) is 9.59 Å². The second-order valence-electron chi connectivity index (χ2n) is 5.31. The lowest BCUT2D eigenvalue weighted by molar-refractivity contribution is -0.137. The second-order valence-corrected chi connectivity index (χ2v) is 5.31. The molecular weight excluding hydrogens is 333 g/mol. The predicted molar refractivity (Wildman–Crippen MR) is 84.7 cm³/mol. The van der Waals surface area contributed by atoms with Crippen molar-refractivity contribution in [2.24, 2.45) is 5.92 Å². The van der Waals surface area contributed by atoms with E-state index in [1.807, 2.05) is 0 Å². The van der Waals surface area contributed by atoms with Gasteiger partial charge < -0.3 is 5.32 Å². The number of alkyl halides is 3. The quantitative estimate of drug-likeness (QED) is 0.672. The maximum atomic E-state index is 12.6. The number of ketones is 1. The Hall–Kier alpha value is -3.14. The molecule has 4 nitrogen and oxygen atoms in total. The van der Waals surface area contributed by atoms with Crippen LogP contribution in [-0.4, -0.2) is 11.7 Å². The lowest BCUT2D eigenvalue weighted by Crippen LogP contribution is -2.29. The molecule has 0 radical (unpaired) electrons. The summed E-state index contributed by atoms with van der Waals surface area (Å²) < 4.78 is 37.7. The van der Waals surface area contributed by atoms with Crippen molar-refractivity contribution in [3.63, 3.8) is 0 Å². The third kappa shape index (κ3) is 4.23. The van der Waals surface area contributed by atoms with Crippen LogP contribution in [0.25, 0.3) is 0 Å². The van der Waals surface area contributed by atoms with Crippen molar-refractivity contribution in [1.82, 2.24) is 0 Å². The van der Waals surface area contributed by atoms with Crippen molar-refractivity contribution >= 4 is 17.4 Å². The first kappa shape index (κ1) is 18.2. The first-order chi connectivity index (χ1) is 11.7. The molecule has 25 heavy (non-hydrogen) atoms. The standard InChI is InChI=1S/C18H13F3N2O2/c1-11-4-2-3-5-15(11)23-17(25)14(10-22)16(24)12-6-8-13(9-7-12)18(19,20)21/h2-9,14H,1H3,(H,23,25)/t14-/m0/s1. The van der Waals surface area contributed by atoms with Crippen LogP contribution in [0.5, 0.6) is 0 Å². The molecule has 0 aliphatic rings. The molecule has 1 N–H and O–H groups in total. The second kappa shape index (κ2) is 7.18. The Labute approximate surface area is 141 Å². The molecule has 0 aromatic heterocycles. The van der Waals surface area contributed by atoms with Gasteiger partial charge in [-0.05, 0) is 30.7 Å². The summed E-state index contributed by atoms with van der Waals surface area (Å²) in [5, 5.41) is 11.6. The number of halogens is 3. The molecule has 128 valence electrons. The number of carbonyl (C=O) groups is 2. The monoisotopic (exact) mass is 346 g/mol. The lowest BCUT2D eigenvalue weighted by atomic mass is 9.97. The number of nitrogens with one attached hydrogen (secondary N) is 1. The Kier molecular flexibility index (Phi) is 5.22. The van der Waals surface area contributed by atoms with Gasteiger partial charge in [0.25, 0.3) is 0 Å². The van der Waals surface area contributed by atoms with Crippen LogP contribution < -0.4 is 5.32 Å². The Balaban J connectivity index is 2.19. The fourth-order valence-electron chi connectivity index (χ4n) is 2.14. The van der Waals surface area contributed by atoms with Gasteiger partial charge in [0.05, 0.1) is 11.6 Å². The van der Waals surface area contributed by atoms with Gasteiger partial charge >= 0.3 is 6.18 Å². The number of hydrogen-bond donors (Lipinski definition) is 1. The first-order valence-corrected chi connectivity index (χ1v) is 7.21. The third-order valence-electron chi connectivity index (χ3n) is 3.55. The van der Waals surface area contributed by atoms with E-state index in [1.54, 1.807) is 37.3 Å². The number of rotatable bonds is 4. The van der Waals surface area contributed by atoms with Gasteiger partial charge in [0.15, 0.2) is 11.7 Å². The average molecular weight is 346 g/mol. The minimum Gasteiger partial charge on any atom is -0.324 e. The van der Waals surface area contributed by atoms with Gasteiger partial charge in [-0.15, -0.1) is 0 Å². The maximum Gasteiger partial charge on any atom is 0.416 e. The van der Waals surface area contributed by atoms with E-state index in [9.17, 15) is 22.8 Å². The number of aryl methyl sites for hydroxylation is 1. The van der Waals surface area contributed by atoms with Crippen LogP contribution >= 0.6 is 0 Å². The Bertz CT molecular complexity index is 837. The average Bonchev–Trinajstić information content (AvgIpc) is 2.57. The molecule has 2 aromatic carbocycles. The fraction of sp³-hybridized carbons (Fsp3) is 0.167. The highest BCUT2D eigenvalue weighted by Crippen LogP contribution is 2.29. The molecule has 0 saturated heterocycles. The number of anilines is 1. The molecule has 7 heteroatoms. The molecule has 0 aliphatic carbocycles. The van der Waals surface area contributed by atoms with E-state index < -0.39 is 29.3 Å². The zero-order chi connectivity index (χ0) is 18.6. The SMILES string of the molecule is Cc1ccccc1NC(=O)[C@@H](C#N)C(=O)c1ccc(C(F)(F)F)cc1. The van der Waals surface area contributed by atoms with Crippen LogP contribution in [0.1, 0.15) is 21.5 Å². The lowest BCUT2D eigenvalue weighted by Gasteiger charge is -2.12. The van der Waals surface area contributed by atoms with Gasteiger partial charge in [-0.2, -0.15) is 18.4 Å². The van der Waals surface area contributed by atoms with E-state index in [1.165, 1.54) is 0 Å². The minimum absolute atomic E-state index is 0.139. The number of benzene rings is 2. The summed E-state index contributed by atoms with van der Waals surface area (Å²) in [4.78, 5) is 24.5. The molecule has 2 aromatic rings. The highest BCUT2D eigenvalue weighted by atomic mass is 19.4. The largest absolute Gasteiger partial charge is 0.416 e. The highest BCUT2D eigenvalue weighted by Gasteiger charge is 2.32. The molecule has 0 spiro atoms. The van der Waals surface area contributed by atoms with Crippen molar-refractivity contribution < 1.29 is 22.8 Å². The molecule has 2 rings (SSSR count). The number of amides is 1. The Morgan fingerprint density at radius 1 is 1.08 bits per heavy atom. The van der Waals surface area contributed by atoms with Crippen LogP contribution in [0.2, 0.25) is 0 Å². The molecule has 1 atom stereocenters. The number of para-hydroxylation sites is 1. The van der Waals surface area contributed by atoms with Gasteiger partial charge in [0.2, 0.25) is 5.91 Å². The minimum atomic E-state index is -4.53. The third-order valence-corrected chi connectivity index (χ3v) is 3.55. The highest BCUT2D eigenvalue weighted by molar-refractivity contribution is 6.15. The zero-order valence-electron chi connectivity index (χ0n) is 13.1. The van der Waals surface area contributed by atoms with Crippen molar-refractivity contribution in [2.45, 2.75) is 13.1 Å². The molecule has 0 fully saturated rings. The predicted octanol–water partition coefficient (Wildman–Crippen LogP) is 3.98. The van der Waals surface area contributed by atoms with E-state index >= 15 is 0 Å². The summed E-state index contributed by atoms with van der Waals surface area (Å²) >= 11 is 0. The van der Waals surface area contributed by atoms with Gasteiger partial charge in [0, 0.05) is 11.3 Å². The van der Waals surface area contributed by atoms with E-state index in [4.69, 9.17) is 5.26 Å². The van der Waals surface area contributed by atoms with Crippen molar-refractivity contribution in [3.8, 4) is 6.07 Å². The summed E-state index contributed by atoms with van der Waals surface area (Å²) in [7, 11) is 0. The summed E-state index contributed by atoms with van der Waals surface area (Å²) in [6.45, 7) is 1.74. The Morgan fingerprint density at radius 2 is 1.68 bits per heavy atom. The smallest absolute Gasteiger partial charge is 0.324 e. The van der Waals surface area contributed by atoms with Gasteiger partial charge in [-0.1, -0.05) is 30.3 Å². The number of Topliss-reactive ketones (excluding diaryl/α,β-unsaturated/α-hetero) is 1. The van der Waals surface area contributed by atoms with Gasteiger partial charge in [0.1, 0.15) is 0 Å². The molecule has 0 saturated carbocycles. The van der Waals surface area contributed by atoms with Crippen molar-refractivity contribution in [3.05, 3.63) is 65.2 Å². The molecule has 0 heterocycles. The molecular formula is C18H13F3N2O2. The van der Waals surface area contributed by atoms with E-state index in [2.05, 4.69) is 5.32 Å². The number of nitriles is 1. The summed E-state index contributed by atoms with van der Waals surface area (Å²) in [5.74, 6) is -3.35. The van der Waals surface area contributed by atoms with Crippen molar-refractivity contribution in [2.75, 3.05) is 5.32 Å². The van der Waals surface area contributed by atoms with Crippen LogP contribution in [0.15, 0.2) is 48.5 Å². The normalized spacial score (nSPS) is 12.1. The summed E-state index contributed by atoms with van der Waals surface area (Å²) in [6, 6.07) is 11.8. The van der Waals surface area contributed by atoms with Crippen LogP contribution in [0, 0.1) is 24.2 Å². The summed E-state index contributed by atoms with van der Waals surface area (Å²) in [5.41, 5.74) is 0.142. The van der Waals surface area contributed by atoms with Crippen LogP contribution in [0.4, 0.5) is 18.9 Å². The maximum absolute atomic E-state index is 12.6. The number of carbonyl (C=O) groups excluding carboxylic acids is 2. The van der Waals surface area contributed by atoms with E-state index in [-0.39, 0.29) is 5.56 Å². The molecule has 0 aliphatic heterocycles. The van der Waals surface area contributed by atoms with Crippen LogP contribution in [0.3, 0.4) is 0 Å².